The minimum absolute atomic E-state index is 0.292. The zero-order valence-electron chi connectivity index (χ0n) is 13.7. The molecule has 2 N–H and O–H groups in total. The predicted octanol–water partition coefficient (Wildman–Crippen LogP) is 1.24. The van der Waals surface area contributed by atoms with Crippen LogP contribution in [-0.4, -0.2) is 49.3 Å². The summed E-state index contributed by atoms with van der Waals surface area (Å²) < 4.78 is 5.36. The summed E-state index contributed by atoms with van der Waals surface area (Å²) in [6.07, 6.45) is 1.08. The Kier molecular flexibility index (Phi) is 5.80. The highest BCUT2D eigenvalue weighted by atomic mass is 16.5. The van der Waals surface area contributed by atoms with Gasteiger partial charge in [0, 0.05) is 19.6 Å². The van der Waals surface area contributed by atoms with Crippen LogP contribution in [0, 0.1) is 19.8 Å². The molecule has 0 spiro atoms. The second-order valence-electron chi connectivity index (χ2n) is 6.03. The van der Waals surface area contributed by atoms with Gasteiger partial charge in [0.1, 0.15) is 12.4 Å². The van der Waals surface area contributed by atoms with Crippen molar-refractivity contribution in [2.75, 3.05) is 33.4 Å². The van der Waals surface area contributed by atoms with E-state index in [0.29, 0.717) is 12.5 Å². The number of methoxy groups -OCH3 is 1. The summed E-state index contributed by atoms with van der Waals surface area (Å²) in [5, 5.41) is 11.5. The zero-order valence-corrected chi connectivity index (χ0v) is 13.7. The first-order chi connectivity index (χ1) is 10.5. The van der Waals surface area contributed by atoms with E-state index in [0.717, 1.165) is 31.8 Å². The number of aliphatic hydroxyl groups is 1. The van der Waals surface area contributed by atoms with Gasteiger partial charge in [-0.05, 0) is 55.5 Å². The van der Waals surface area contributed by atoms with Crippen molar-refractivity contribution in [3.8, 4) is 5.75 Å². The Hall–Kier alpha value is -1.59. The van der Waals surface area contributed by atoms with Gasteiger partial charge >= 0.3 is 0 Å². The van der Waals surface area contributed by atoms with Gasteiger partial charge in [-0.2, -0.15) is 0 Å². The number of amides is 1. The maximum Gasteiger partial charge on any atom is 0.245 e. The average molecular weight is 306 g/mol. The van der Waals surface area contributed by atoms with E-state index in [9.17, 15) is 4.79 Å². The predicted molar refractivity (Wildman–Crippen MR) is 85.9 cm³/mol. The van der Waals surface area contributed by atoms with Crippen LogP contribution >= 0.6 is 0 Å². The number of benzene rings is 1. The smallest absolute Gasteiger partial charge is 0.245 e. The molecule has 1 saturated heterocycles. The summed E-state index contributed by atoms with van der Waals surface area (Å²) in [5.74, 6) is 1.11. The quantitative estimate of drug-likeness (QED) is 0.830. The van der Waals surface area contributed by atoms with Gasteiger partial charge in [0.15, 0.2) is 0 Å². The molecule has 1 fully saturated rings. The van der Waals surface area contributed by atoms with Crippen molar-refractivity contribution in [3.05, 3.63) is 28.8 Å². The van der Waals surface area contributed by atoms with Crippen molar-refractivity contribution in [2.24, 2.45) is 5.92 Å². The van der Waals surface area contributed by atoms with Crippen LogP contribution in [0.3, 0.4) is 0 Å². The van der Waals surface area contributed by atoms with Gasteiger partial charge < -0.3 is 15.2 Å². The molecule has 22 heavy (non-hydrogen) atoms. The van der Waals surface area contributed by atoms with Gasteiger partial charge in [-0.1, -0.05) is 6.07 Å². The summed E-state index contributed by atoms with van der Waals surface area (Å²) >= 11 is 0. The van der Waals surface area contributed by atoms with E-state index in [1.54, 1.807) is 7.11 Å². The SMILES string of the molecule is COc1ccc(CN2CCC(CNC(=O)CO)C2)c(C)c1C. The van der Waals surface area contributed by atoms with Crippen molar-refractivity contribution < 1.29 is 14.6 Å². The summed E-state index contributed by atoms with van der Waals surface area (Å²) in [7, 11) is 1.70. The number of rotatable bonds is 6. The summed E-state index contributed by atoms with van der Waals surface area (Å²) in [4.78, 5) is 13.5. The zero-order chi connectivity index (χ0) is 16.1. The molecule has 1 amide bonds. The number of aliphatic hydroxyl groups excluding tert-OH is 1. The fourth-order valence-electron chi connectivity index (χ4n) is 3.02. The maximum absolute atomic E-state index is 11.1. The van der Waals surface area contributed by atoms with E-state index in [2.05, 4.69) is 30.1 Å². The Labute approximate surface area is 132 Å². The lowest BCUT2D eigenvalue weighted by atomic mass is 10.0. The Balaban J connectivity index is 1.90. The summed E-state index contributed by atoms with van der Waals surface area (Å²) in [6, 6.07) is 4.18. The van der Waals surface area contributed by atoms with Crippen LogP contribution in [0.25, 0.3) is 0 Å². The molecule has 0 radical (unpaired) electrons. The van der Waals surface area contributed by atoms with E-state index in [4.69, 9.17) is 9.84 Å². The molecule has 0 aliphatic carbocycles. The second-order valence-corrected chi connectivity index (χ2v) is 6.03. The molecule has 1 aromatic rings. The maximum atomic E-state index is 11.1. The number of likely N-dealkylation sites (tertiary alicyclic amines) is 1. The Bertz CT molecular complexity index is 531. The van der Waals surface area contributed by atoms with E-state index < -0.39 is 6.61 Å². The minimum Gasteiger partial charge on any atom is -0.496 e. The lowest BCUT2D eigenvalue weighted by molar-refractivity contribution is -0.123. The first kappa shape index (κ1) is 16.8. The lowest BCUT2D eigenvalue weighted by Crippen LogP contribution is -2.32. The largest absolute Gasteiger partial charge is 0.496 e. The molecular weight excluding hydrogens is 280 g/mol. The normalized spacial score (nSPS) is 18.5. The number of hydrogen-bond acceptors (Lipinski definition) is 4. The van der Waals surface area contributed by atoms with E-state index in [-0.39, 0.29) is 5.91 Å². The third kappa shape index (κ3) is 3.99. The van der Waals surface area contributed by atoms with Crippen LogP contribution < -0.4 is 10.1 Å². The Morgan fingerprint density at radius 1 is 1.41 bits per heavy atom. The highest BCUT2D eigenvalue weighted by Gasteiger charge is 2.23. The summed E-state index contributed by atoms with van der Waals surface area (Å²) in [6.45, 7) is 7.41. The van der Waals surface area contributed by atoms with Crippen LogP contribution in [-0.2, 0) is 11.3 Å². The Morgan fingerprint density at radius 3 is 2.86 bits per heavy atom. The van der Waals surface area contributed by atoms with Crippen molar-refractivity contribution in [2.45, 2.75) is 26.8 Å². The topological polar surface area (TPSA) is 61.8 Å². The molecule has 2 rings (SSSR count). The molecule has 0 bridgehead atoms. The molecule has 1 atom stereocenters. The van der Waals surface area contributed by atoms with Crippen LogP contribution in [0.2, 0.25) is 0 Å². The van der Waals surface area contributed by atoms with Gasteiger partial charge in [0.25, 0.3) is 0 Å². The molecule has 1 aliphatic heterocycles. The van der Waals surface area contributed by atoms with Gasteiger partial charge in [0.2, 0.25) is 5.91 Å². The van der Waals surface area contributed by atoms with Crippen LogP contribution in [0.4, 0.5) is 0 Å². The van der Waals surface area contributed by atoms with Crippen molar-refractivity contribution in [3.63, 3.8) is 0 Å². The molecule has 1 aliphatic rings. The standard InChI is InChI=1S/C17H26N2O3/c1-12-13(2)16(22-3)5-4-15(12)10-19-7-6-14(9-19)8-18-17(21)11-20/h4-5,14,20H,6-11H2,1-3H3,(H,18,21). The third-order valence-electron chi connectivity index (χ3n) is 4.57. The van der Waals surface area contributed by atoms with E-state index in [1.807, 2.05) is 6.07 Å². The fourth-order valence-corrected chi connectivity index (χ4v) is 3.02. The fraction of sp³-hybridized carbons (Fsp3) is 0.588. The number of nitrogens with zero attached hydrogens (tertiary/aromatic N) is 1. The van der Waals surface area contributed by atoms with Gasteiger partial charge in [0.05, 0.1) is 7.11 Å². The van der Waals surface area contributed by atoms with E-state index in [1.165, 1.54) is 16.7 Å². The first-order valence-electron chi connectivity index (χ1n) is 7.78. The second kappa shape index (κ2) is 7.61. The van der Waals surface area contributed by atoms with Crippen molar-refractivity contribution in [1.29, 1.82) is 0 Å². The molecule has 5 heteroatoms. The summed E-state index contributed by atoms with van der Waals surface area (Å²) in [5.41, 5.74) is 3.82. The van der Waals surface area contributed by atoms with Gasteiger partial charge in [-0.15, -0.1) is 0 Å². The first-order valence-corrected chi connectivity index (χ1v) is 7.78. The Morgan fingerprint density at radius 2 is 2.18 bits per heavy atom. The number of nitrogens with one attached hydrogen (secondary N) is 1. The number of ether oxygens (including phenoxy) is 1. The minimum atomic E-state index is -0.430. The molecule has 5 nitrogen and oxygen atoms in total. The average Bonchev–Trinajstić information content (AvgIpc) is 2.97. The highest BCUT2D eigenvalue weighted by molar-refractivity contribution is 5.76. The number of carbonyl (C=O) groups excluding carboxylic acids is 1. The van der Waals surface area contributed by atoms with Gasteiger partial charge in [-0.25, -0.2) is 0 Å². The number of hydrogen-bond donors (Lipinski definition) is 2. The van der Waals surface area contributed by atoms with Crippen LogP contribution in [0.1, 0.15) is 23.1 Å². The van der Waals surface area contributed by atoms with Crippen molar-refractivity contribution in [1.82, 2.24) is 10.2 Å². The molecule has 122 valence electrons. The van der Waals surface area contributed by atoms with Crippen LogP contribution in [0.15, 0.2) is 12.1 Å². The third-order valence-corrected chi connectivity index (χ3v) is 4.57. The monoisotopic (exact) mass is 306 g/mol. The molecule has 1 heterocycles. The molecule has 1 aromatic carbocycles. The molecule has 1 unspecified atom stereocenters. The lowest BCUT2D eigenvalue weighted by Gasteiger charge is -2.19. The highest BCUT2D eigenvalue weighted by Crippen LogP contribution is 2.26. The van der Waals surface area contributed by atoms with Crippen LogP contribution in [0.5, 0.6) is 5.75 Å². The van der Waals surface area contributed by atoms with Gasteiger partial charge in [-0.3, -0.25) is 9.69 Å². The molecule has 0 saturated carbocycles. The van der Waals surface area contributed by atoms with Crippen molar-refractivity contribution >= 4 is 5.91 Å². The number of carbonyl (C=O) groups is 1. The molecule has 0 aromatic heterocycles. The molecular formula is C17H26N2O3. The van der Waals surface area contributed by atoms with E-state index >= 15 is 0 Å².